The second-order valence-corrected chi connectivity index (χ2v) is 4.61. The molecular weight excluding hydrogens is 246 g/mol. The molecule has 1 aromatic heterocycles. The van der Waals surface area contributed by atoms with E-state index in [0.717, 1.165) is 12.8 Å². The van der Waals surface area contributed by atoms with Gasteiger partial charge in [-0.25, -0.2) is 4.79 Å². The van der Waals surface area contributed by atoms with Crippen LogP contribution in [-0.4, -0.2) is 23.3 Å². The topological polar surface area (TPSA) is 67.6 Å². The van der Waals surface area contributed by atoms with E-state index in [4.69, 9.17) is 4.42 Å². The van der Waals surface area contributed by atoms with E-state index in [1.165, 1.54) is 11.0 Å². The van der Waals surface area contributed by atoms with Gasteiger partial charge in [-0.2, -0.15) is 0 Å². The molecule has 0 aromatic carbocycles. The summed E-state index contributed by atoms with van der Waals surface area (Å²) in [5.74, 6) is -0.433. The van der Waals surface area contributed by atoms with Gasteiger partial charge in [-0.15, -0.1) is 0 Å². The molecule has 0 unspecified atom stereocenters. The van der Waals surface area contributed by atoms with Crippen molar-refractivity contribution in [2.24, 2.45) is 0 Å². The average Bonchev–Trinajstić information content (AvgIpc) is 2.35. The van der Waals surface area contributed by atoms with Gasteiger partial charge >= 0.3 is 5.63 Å². The number of likely N-dealkylation sites (N-methyl/N-ethyl adjacent to an activating group) is 1. The van der Waals surface area contributed by atoms with Gasteiger partial charge < -0.3 is 4.42 Å². The average molecular weight is 263 g/mol. The van der Waals surface area contributed by atoms with Crippen LogP contribution in [0.5, 0.6) is 0 Å². The van der Waals surface area contributed by atoms with E-state index in [2.05, 4.69) is 0 Å². The Hall–Kier alpha value is -1.91. The molecule has 0 bridgehead atoms. The van der Waals surface area contributed by atoms with E-state index < -0.39 is 5.63 Å². The SMILES string of the molecule is CCCCc1cc(=O)oc2c1C(=O)N(CC)C(=O)C2. The summed E-state index contributed by atoms with van der Waals surface area (Å²) >= 11 is 0. The zero-order valence-corrected chi connectivity index (χ0v) is 11.2. The number of aryl methyl sites for hydroxylation is 1. The van der Waals surface area contributed by atoms with Crippen molar-refractivity contribution in [1.29, 1.82) is 0 Å². The third-order valence-corrected chi connectivity index (χ3v) is 3.30. The number of hydrogen-bond donors (Lipinski definition) is 0. The predicted octanol–water partition coefficient (Wildman–Crippen LogP) is 1.53. The molecule has 0 radical (unpaired) electrons. The number of fused-ring (bicyclic) bond motifs is 1. The van der Waals surface area contributed by atoms with Crippen molar-refractivity contribution in [2.45, 2.75) is 39.5 Å². The van der Waals surface area contributed by atoms with Crippen LogP contribution in [0.3, 0.4) is 0 Å². The first-order chi connectivity index (χ1) is 9.08. The predicted molar refractivity (Wildman–Crippen MR) is 69.0 cm³/mol. The lowest BCUT2D eigenvalue weighted by molar-refractivity contribution is -0.128. The van der Waals surface area contributed by atoms with Crippen molar-refractivity contribution in [3.05, 3.63) is 33.4 Å². The normalized spacial score (nSPS) is 14.7. The first-order valence-corrected chi connectivity index (χ1v) is 6.59. The Kier molecular flexibility index (Phi) is 3.83. The van der Waals surface area contributed by atoms with E-state index in [0.29, 0.717) is 24.1 Å². The zero-order chi connectivity index (χ0) is 14.0. The van der Waals surface area contributed by atoms with Gasteiger partial charge in [-0.1, -0.05) is 13.3 Å². The van der Waals surface area contributed by atoms with Crippen LogP contribution in [0.25, 0.3) is 0 Å². The molecule has 0 fully saturated rings. The highest BCUT2D eigenvalue weighted by molar-refractivity contribution is 6.09. The van der Waals surface area contributed by atoms with Crippen LogP contribution in [0.15, 0.2) is 15.3 Å². The molecule has 1 aliphatic rings. The molecule has 19 heavy (non-hydrogen) atoms. The number of amides is 2. The van der Waals surface area contributed by atoms with E-state index >= 15 is 0 Å². The maximum Gasteiger partial charge on any atom is 0.336 e. The lowest BCUT2D eigenvalue weighted by Gasteiger charge is -2.25. The maximum atomic E-state index is 12.3. The fraction of sp³-hybridized carbons (Fsp3) is 0.500. The summed E-state index contributed by atoms with van der Waals surface area (Å²) in [6.45, 7) is 4.14. The minimum absolute atomic E-state index is 0.00980. The van der Waals surface area contributed by atoms with Gasteiger partial charge in [-0.05, 0) is 25.3 Å². The Balaban J connectivity index is 2.52. The quantitative estimate of drug-likeness (QED) is 0.772. The first-order valence-electron chi connectivity index (χ1n) is 6.59. The number of carbonyl (C=O) groups excluding carboxylic acids is 2. The Morgan fingerprint density at radius 2 is 2.00 bits per heavy atom. The Labute approximate surface area is 111 Å². The standard InChI is InChI=1S/C14H17NO4/c1-3-5-6-9-7-12(17)19-10-8-11(16)15(4-2)14(18)13(9)10/h7H,3-6,8H2,1-2H3. The van der Waals surface area contributed by atoms with E-state index in [-0.39, 0.29) is 24.0 Å². The van der Waals surface area contributed by atoms with Crippen molar-refractivity contribution in [1.82, 2.24) is 4.90 Å². The molecule has 2 rings (SSSR count). The summed E-state index contributed by atoms with van der Waals surface area (Å²) < 4.78 is 5.03. The highest BCUT2D eigenvalue weighted by Crippen LogP contribution is 2.23. The number of hydrogen-bond acceptors (Lipinski definition) is 4. The molecule has 1 aliphatic heterocycles. The largest absolute Gasteiger partial charge is 0.426 e. The maximum absolute atomic E-state index is 12.3. The molecule has 2 heterocycles. The second kappa shape index (κ2) is 5.38. The fourth-order valence-electron chi connectivity index (χ4n) is 2.34. The molecule has 0 aliphatic carbocycles. The number of imide groups is 1. The minimum atomic E-state index is -0.490. The third-order valence-electron chi connectivity index (χ3n) is 3.30. The van der Waals surface area contributed by atoms with Gasteiger partial charge in [0.05, 0.1) is 12.0 Å². The van der Waals surface area contributed by atoms with Crippen LogP contribution in [0.1, 0.15) is 48.4 Å². The molecule has 0 saturated heterocycles. The van der Waals surface area contributed by atoms with Crippen LogP contribution in [0.2, 0.25) is 0 Å². The van der Waals surface area contributed by atoms with Gasteiger partial charge in [0.25, 0.3) is 5.91 Å². The monoisotopic (exact) mass is 263 g/mol. The lowest BCUT2D eigenvalue weighted by Crippen LogP contribution is -2.43. The summed E-state index contributed by atoms with van der Waals surface area (Å²) in [5.41, 5.74) is 0.619. The summed E-state index contributed by atoms with van der Waals surface area (Å²) in [7, 11) is 0. The van der Waals surface area contributed by atoms with Crippen molar-refractivity contribution in [2.75, 3.05) is 6.54 Å². The molecular formula is C14H17NO4. The number of rotatable bonds is 4. The molecule has 1 aromatic rings. The molecule has 5 heteroatoms. The Morgan fingerprint density at radius 1 is 1.26 bits per heavy atom. The smallest absolute Gasteiger partial charge is 0.336 e. The van der Waals surface area contributed by atoms with Crippen molar-refractivity contribution in [3.8, 4) is 0 Å². The van der Waals surface area contributed by atoms with Crippen molar-refractivity contribution in [3.63, 3.8) is 0 Å². The van der Waals surface area contributed by atoms with E-state index in [1.807, 2.05) is 6.92 Å². The minimum Gasteiger partial charge on any atom is -0.426 e. The Morgan fingerprint density at radius 3 is 2.63 bits per heavy atom. The zero-order valence-electron chi connectivity index (χ0n) is 11.2. The van der Waals surface area contributed by atoms with Crippen LogP contribution >= 0.6 is 0 Å². The summed E-state index contributed by atoms with van der Waals surface area (Å²) in [5, 5.41) is 0. The van der Waals surface area contributed by atoms with Crippen molar-refractivity contribution >= 4 is 11.8 Å². The van der Waals surface area contributed by atoms with Gasteiger partial charge in [0.15, 0.2) is 0 Å². The van der Waals surface area contributed by atoms with Crippen LogP contribution in [-0.2, 0) is 17.6 Å². The Bertz CT molecular complexity index is 573. The third kappa shape index (κ3) is 2.45. The van der Waals surface area contributed by atoms with Crippen LogP contribution in [0, 0.1) is 0 Å². The van der Waals surface area contributed by atoms with Crippen LogP contribution < -0.4 is 5.63 Å². The molecule has 0 saturated carbocycles. The van der Waals surface area contributed by atoms with Gasteiger partial charge in [0.1, 0.15) is 5.76 Å². The molecule has 0 atom stereocenters. The highest BCUT2D eigenvalue weighted by atomic mass is 16.4. The van der Waals surface area contributed by atoms with Crippen molar-refractivity contribution < 1.29 is 14.0 Å². The number of carbonyl (C=O) groups is 2. The fourth-order valence-corrected chi connectivity index (χ4v) is 2.34. The van der Waals surface area contributed by atoms with Crippen LogP contribution in [0.4, 0.5) is 0 Å². The van der Waals surface area contributed by atoms with Gasteiger partial charge in [0.2, 0.25) is 5.91 Å². The molecule has 102 valence electrons. The van der Waals surface area contributed by atoms with E-state index in [9.17, 15) is 14.4 Å². The first kappa shape index (κ1) is 13.5. The second-order valence-electron chi connectivity index (χ2n) is 4.61. The van der Waals surface area contributed by atoms with E-state index in [1.54, 1.807) is 6.92 Å². The molecule has 5 nitrogen and oxygen atoms in total. The number of unbranched alkanes of at least 4 members (excludes halogenated alkanes) is 1. The number of nitrogens with zero attached hydrogens (tertiary/aromatic N) is 1. The molecule has 0 spiro atoms. The summed E-state index contributed by atoms with van der Waals surface area (Å²) in [6.07, 6.45) is 2.51. The summed E-state index contributed by atoms with van der Waals surface area (Å²) in [6, 6.07) is 1.37. The molecule has 0 N–H and O–H groups in total. The highest BCUT2D eigenvalue weighted by Gasteiger charge is 2.33. The molecule has 2 amide bonds. The summed E-state index contributed by atoms with van der Waals surface area (Å²) in [4.78, 5) is 36.8. The lowest BCUT2D eigenvalue weighted by atomic mass is 9.97. The van der Waals surface area contributed by atoms with Gasteiger partial charge in [-0.3, -0.25) is 14.5 Å². The van der Waals surface area contributed by atoms with Gasteiger partial charge in [0, 0.05) is 12.6 Å².